The largest absolute Gasteiger partial charge is 0.460 e. The van der Waals surface area contributed by atoms with Gasteiger partial charge in [0.25, 0.3) is 0 Å². The highest BCUT2D eigenvalue weighted by atomic mass is 16.6. The zero-order valence-electron chi connectivity index (χ0n) is 9.28. The van der Waals surface area contributed by atoms with Gasteiger partial charge >= 0.3 is 5.97 Å². The van der Waals surface area contributed by atoms with Crippen molar-refractivity contribution >= 4 is 5.97 Å². The molecule has 0 spiro atoms. The van der Waals surface area contributed by atoms with Gasteiger partial charge in [-0.05, 0) is 5.56 Å². The molecule has 1 N–H and O–H groups in total. The van der Waals surface area contributed by atoms with Gasteiger partial charge in [0.15, 0.2) is 6.10 Å². The summed E-state index contributed by atoms with van der Waals surface area (Å²) in [4.78, 5) is 11.3. The second-order valence-corrected chi connectivity index (χ2v) is 4.55. The molecule has 0 aromatic heterocycles. The van der Waals surface area contributed by atoms with Gasteiger partial charge in [0, 0.05) is 12.8 Å². The molecule has 0 aliphatic carbocycles. The Labute approximate surface area is 99.2 Å². The van der Waals surface area contributed by atoms with Crippen LogP contribution in [0.25, 0.3) is 0 Å². The first-order valence-corrected chi connectivity index (χ1v) is 5.83. The number of ether oxygens (including phenoxy) is 2. The highest BCUT2D eigenvalue weighted by Gasteiger charge is 2.44. The van der Waals surface area contributed by atoms with E-state index < -0.39 is 18.2 Å². The van der Waals surface area contributed by atoms with E-state index in [9.17, 15) is 9.90 Å². The van der Waals surface area contributed by atoms with Crippen LogP contribution >= 0.6 is 0 Å². The van der Waals surface area contributed by atoms with E-state index in [4.69, 9.17) is 9.47 Å². The third kappa shape index (κ3) is 1.94. The SMILES string of the molecule is O=C1O[C@H]2C[C@H](c3ccccc3)O[C@H](C2)[C@@H]1O. The lowest BCUT2D eigenvalue weighted by molar-refractivity contribution is -0.212. The molecular formula is C13H14O4. The van der Waals surface area contributed by atoms with Gasteiger partial charge in [-0.2, -0.15) is 0 Å². The van der Waals surface area contributed by atoms with Crippen LogP contribution in [-0.4, -0.2) is 29.4 Å². The van der Waals surface area contributed by atoms with E-state index in [1.54, 1.807) is 0 Å². The molecule has 2 aliphatic heterocycles. The molecule has 90 valence electrons. The summed E-state index contributed by atoms with van der Waals surface area (Å²) in [5.74, 6) is -0.558. The number of rotatable bonds is 1. The first-order valence-electron chi connectivity index (χ1n) is 5.83. The molecule has 2 aliphatic rings. The van der Waals surface area contributed by atoms with E-state index >= 15 is 0 Å². The summed E-state index contributed by atoms with van der Waals surface area (Å²) in [6.07, 6.45) is -0.537. The van der Waals surface area contributed by atoms with E-state index in [1.165, 1.54) is 0 Å². The summed E-state index contributed by atoms with van der Waals surface area (Å²) in [6, 6.07) is 9.82. The quantitative estimate of drug-likeness (QED) is 0.742. The Morgan fingerprint density at radius 1 is 1.18 bits per heavy atom. The summed E-state index contributed by atoms with van der Waals surface area (Å²) in [5, 5.41) is 9.65. The second-order valence-electron chi connectivity index (χ2n) is 4.55. The maximum atomic E-state index is 11.3. The van der Waals surface area contributed by atoms with E-state index in [1.807, 2.05) is 30.3 Å². The van der Waals surface area contributed by atoms with Gasteiger partial charge in [-0.1, -0.05) is 30.3 Å². The van der Waals surface area contributed by atoms with Crippen LogP contribution in [0.5, 0.6) is 0 Å². The first-order chi connectivity index (χ1) is 8.24. The van der Waals surface area contributed by atoms with Crippen molar-refractivity contribution in [3.05, 3.63) is 35.9 Å². The minimum absolute atomic E-state index is 0.0947. The molecule has 4 heteroatoms. The van der Waals surface area contributed by atoms with Crippen molar-refractivity contribution < 1.29 is 19.4 Å². The lowest BCUT2D eigenvalue weighted by atomic mass is 9.92. The average molecular weight is 234 g/mol. The van der Waals surface area contributed by atoms with E-state index in [0.717, 1.165) is 5.56 Å². The summed E-state index contributed by atoms with van der Waals surface area (Å²) >= 11 is 0. The van der Waals surface area contributed by atoms with E-state index in [0.29, 0.717) is 12.8 Å². The van der Waals surface area contributed by atoms with Crippen LogP contribution < -0.4 is 0 Å². The number of fused-ring (bicyclic) bond motifs is 2. The molecule has 1 aromatic rings. The summed E-state index contributed by atoms with van der Waals surface area (Å²) in [5.41, 5.74) is 1.06. The smallest absolute Gasteiger partial charge is 0.337 e. The molecule has 2 bridgehead atoms. The molecule has 2 fully saturated rings. The fourth-order valence-electron chi connectivity index (χ4n) is 2.48. The molecule has 4 atom stereocenters. The average Bonchev–Trinajstić information content (AvgIpc) is 2.37. The predicted octanol–water partition coefficient (Wildman–Crippen LogP) is 1.19. The molecule has 2 heterocycles. The van der Waals surface area contributed by atoms with E-state index in [2.05, 4.69) is 0 Å². The van der Waals surface area contributed by atoms with Crippen LogP contribution in [0.4, 0.5) is 0 Å². The molecular weight excluding hydrogens is 220 g/mol. The van der Waals surface area contributed by atoms with Crippen LogP contribution in [0.2, 0.25) is 0 Å². The minimum Gasteiger partial charge on any atom is -0.460 e. The fourth-order valence-corrected chi connectivity index (χ4v) is 2.48. The number of aliphatic hydroxyl groups is 1. The Bertz CT molecular complexity index is 417. The molecule has 3 rings (SSSR count). The van der Waals surface area contributed by atoms with Crippen LogP contribution in [0.1, 0.15) is 24.5 Å². The normalized spacial score (nSPS) is 36.4. The molecule has 0 amide bonds. The fraction of sp³-hybridized carbons (Fsp3) is 0.462. The maximum absolute atomic E-state index is 11.3. The van der Waals surface area contributed by atoms with Gasteiger partial charge in [-0.25, -0.2) is 4.79 Å². The zero-order valence-corrected chi connectivity index (χ0v) is 9.28. The molecule has 0 unspecified atom stereocenters. The highest BCUT2D eigenvalue weighted by Crippen LogP contribution is 2.36. The Kier molecular flexibility index (Phi) is 2.61. The second kappa shape index (κ2) is 4.13. The van der Waals surface area contributed by atoms with Crippen molar-refractivity contribution in [2.75, 3.05) is 0 Å². The van der Waals surface area contributed by atoms with E-state index in [-0.39, 0.29) is 12.2 Å². The van der Waals surface area contributed by atoms with Crippen molar-refractivity contribution in [2.45, 2.75) is 37.3 Å². The molecule has 4 nitrogen and oxygen atoms in total. The topological polar surface area (TPSA) is 55.8 Å². The molecule has 1 aromatic carbocycles. The van der Waals surface area contributed by atoms with Crippen molar-refractivity contribution in [1.29, 1.82) is 0 Å². The van der Waals surface area contributed by atoms with Crippen LogP contribution in [-0.2, 0) is 14.3 Å². The number of hydrogen-bond donors (Lipinski definition) is 1. The molecule has 2 saturated heterocycles. The highest BCUT2D eigenvalue weighted by molar-refractivity contribution is 5.76. The van der Waals surface area contributed by atoms with Gasteiger partial charge in [-0.3, -0.25) is 0 Å². The first kappa shape index (κ1) is 10.7. The zero-order chi connectivity index (χ0) is 11.8. The van der Waals surface area contributed by atoms with Crippen LogP contribution in [0, 0.1) is 0 Å². The third-order valence-corrected chi connectivity index (χ3v) is 3.36. The minimum atomic E-state index is -1.14. The van der Waals surface area contributed by atoms with Crippen LogP contribution in [0.3, 0.4) is 0 Å². The van der Waals surface area contributed by atoms with Gasteiger partial charge < -0.3 is 14.6 Å². The van der Waals surface area contributed by atoms with Gasteiger partial charge in [0.2, 0.25) is 0 Å². The molecule has 0 saturated carbocycles. The number of esters is 1. The summed E-state index contributed by atoms with van der Waals surface area (Å²) < 4.78 is 10.9. The number of carbonyl (C=O) groups is 1. The third-order valence-electron chi connectivity index (χ3n) is 3.36. The number of benzene rings is 1. The standard InChI is InChI=1S/C13H14O4/c14-12-11-7-9(16-13(12)15)6-10(17-11)8-4-2-1-3-5-8/h1-5,9-12,14H,6-7H2/t9-,10+,11+,12-/m0/s1. The maximum Gasteiger partial charge on any atom is 0.337 e. The lowest BCUT2D eigenvalue weighted by Gasteiger charge is -2.40. The molecule has 0 radical (unpaired) electrons. The van der Waals surface area contributed by atoms with Gasteiger partial charge in [-0.15, -0.1) is 0 Å². The molecule has 17 heavy (non-hydrogen) atoms. The van der Waals surface area contributed by atoms with Gasteiger partial charge in [0.05, 0.1) is 12.2 Å². The Hall–Kier alpha value is -1.39. The van der Waals surface area contributed by atoms with Gasteiger partial charge in [0.1, 0.15) is 6.10 Å². The van der Waals surface area contributed by atoms with Crippen molar-refractivity contribution in [2.24, 2.45) is 0 Å². The Balaban J connectivity index is 1.81. The lowest BCUT2D eigenvalue weighted by Crippen LogP contribution is -2.50. The number of carbonyl (C=O) groups excluding carboxylic acids is 1. The number of aliphatic hydroxyl groups excluding tert-OH is 1. The number of hydrogen-bond acceptors (Lipinski definition) is 4. The van der Waals surface area contributed by atoms with Crippen molar-refractivity contribution in [3.63, 3.8) is 0 Å². The predicted molar refractivity (Wildman–Crippen MR) is 59.2 cm³/mol. The Morgan fingerprint density at radius 2 is 1.94 bits per heavy atom. The summed E-state index contributed by atoms with van der Waals surface area (Å²) in [7, 11) is 0. The van der Waals surface area contributed by atoms with Crippen molar-refractivity contribution in [3.8, 4) is 0 Å². The monoisotopic (exact) mass is 234 g/mol. The summed E-state index contributed by atoms with van der Waals surface area (Å²) in [6.45, 7) is 0. The Morgan fingerprint density at radius 3 is 2.71 bits per heavy atom. The van der Waals surface area contributed by atoms with Crippen LogP contribution in [0.15, 0.2) is 30.3 Å². The van der Waals surface area contributed by atoms with Crippen molar-refractivity contribution in [1.82, 2.24) is 0 Å².